The molecule has 1 aliphatic carbocycles. The van der Waals surface area contributed by atoms with E-state index in [9.17, 15) is 9.59 Å². The van der Waals surface area contributed by atoms with Gasteiger partial charge in [-0.25, -0.2) is 14.4 Å². The second-order valence-electron chi connectivity index (χ2n) is 10.0. The lowest BCUT2D eigenvalue weighted by atomic mass is 9.83. The Labute approximate surface area is 235 Å². The number of likely N-dealkylation sites (tertiary alicyclic amines) is 1. The Morgan fingerprint density at radius 1 is 0.925 bits per heavy atom. The van der Waals surface area contributed by atoms with E-state index in [1.807, 2.05) is 37.3 Å². The molecule has 0 bridgehead atoms. The zero-order valence-corrected chi connectivity index (χ0v) is 23.6. The highest BCUT2D eigenvalue weighted by atomic mass is 16.5. The van der Waals surface area contributed by atoms with Crippen LogP contribution in [0.2, 0.25) is 0 Å². The first kappa shape index (κ1) is 32.5. The van der Waals surface area contributed by atoms with Crippen molar-refractivity contribution in [1.82, 2.24) is 4.90 Å². The van der Waals surface area contributed by atoms with Gasteiger partial charge in [-0.1, -0.05) is 49.4 Å². The molecule has 10 nitrogen and oxygen atoms in total. The number of carboxylic acids is 2. The van der Waals surface area contributed by atoms with E-state index in [0.717, 1.165) is 31.6 Å². The largest absolute Gasteiger partial charge is 0.473 e. The molecule has 2 aromatic rings. The number of carbonyl (C=O) groups excluding carboxylic acids is 2. The quantitative estimate of drug-likeness (QED) is 0.374. The molecule has 3 N–H and O–H groups in total. The molecule has 1 aliphatic heterocycles. The van der Waals surface area contributed by atoms with Gasteiger partial charge in [0.05, 0.1) is 7.11 Å². The molecule has 1 heterocycles. The zero-order chi connectivity index (χ0) is 29.9. The molecule has 4 rings (SSSR count). The van der Waals surface area contributed by atoms with E-state index in [0.29, 0.717) is 25.3 Å². The van der Waals surface area contributed by atoms with Gasteiger partial charge >= 0.3 is 17.9 Å². The predicted molar refractivity (Wildman–Crippen MR) is 150 cm³/mol. The van der Waals surface area contributed by atoms with Gasteiger partial charge < -0.3 is 20.1 Å². The molecule has 10 heteroatoms. The Bertz CT molecular complexity index is 1100. The first-order chi connectivity index (χ1) is 19.0. The number of hydrogen-bond acceptors (Lipinski definition) is 7. The van der Waals surface area contributed by atoms with Crippen LogP contribution in [0.15, 0.2) is 54.6 Å². The van der Waals surface area contributed by atoms with E-state index in [-0.39, 0.29) is 18.0 Å². The Hall–Kier alpha value is -3.76. The van der Waals surface area contributed by atoms with Crippen LogP contribution in [0.4, 0.5) is 5.69 Å². The number of ether oxygens (including phenoxy) is 1. The van der Waals surface area contributed by atoms with E-state index in [1.165, 1.54) is 18.2 Å². The van der Waals surface area contributed by atoms with Crippen LogP contribution in [0.1, 0.15) is 51.2 Å². The van der Waals surface area contributed by atoms with Crippen LogP contribution in [0.3, 0.4) is 0 Å². The lowest BCUT2D eigenvalue weighted by molar-refractivity contribution is -0.159. The highest BCUT2D eigenvalue weighted by Crippen LogP contribution is 2.37. The number of piperidine rings is 1. The first-order valence-electron chi connectivity index (χ1n) is 13.4. The number of para-hydroxylation sites is 1. The topological polar surface area (TPSA) is 145 Å². The maximum absolute atomic E-state index is 13.1. The minimum atomic E-state index is -1.82. The monoisotopic (exact) mass is 556 g/mol. The molecule has 0 aromatic heterocycles. The number of methoxy groups -OCH3 is 1. The number of aliphatic hydroxyl groups excluding tert-OH is 1. The fourth-order valence-corrected chi connectivity index (χ4v) is 5.13. The van der Waals surface area contributed by atoms with Crippen LogP contribution in [-0.4, -0.2) is 81.9 Å². The first-order valence-corrected chi connectivity index (χ1v) is 13.4. The number of carbonyl (C=O) groups is 4. The van der Waals surface area contributed by atoms with Gasteiger partial charge in [0.1, 0.15) is 5.54 Å². The smallest absolute Gasteiger partial charge is 0.414 e. The summed E-state index contributed by atoms with van der Waals surface area (Å²) in [5.41, 5.74) is 2.67. The summed E-state index contributed by atoms with van der Waals surface area (Å²) in [5.74, 6) is -4.01. The zero-order valence-electron chi connectivity index (χ0n) is 23.6. The number of aliphatic hydroxyl groups is 1. The van der Waals surface area contributed by atoms with Gasteiger partial charge in [0.15, 0.2) is 0 Å². The van der Waals surface area contributed by atoms with E-state index < -0.39 is 17.5 Å². The second kappa shape index (κ2) is 15.1. The normalized spacial score (nSPS) is 15.9. The summed E-state index contributed by atoms with van der Waals surface area (Å²) in [6.45, 7) is 6.83. The molecule has 2 aromatic carbocycles. The van der Waals surface area contributed by atoms with Crippen LogP contribution in [0, 0.1) is 0 Å². The lowest BCUT2D eigenvalue weighted by Crippen LogP contribution is -2.63. The highest BCUT2D eigenvalue weighted by Gasteiger charge is 2.50. The van der Waals surface area contributed by atoms with Crippen molar-refractivity contribution in [3.05, 3.63) is 65.7 Å². The molecule has 1 fully saturated rings. The van der Waals surface area contributed by atoms with E-state index in [2.05, 4.69) is 29.2 Å². The number of benzene rings is 2. The van der Waals surface area contributed by atoms with Gasteiger partial charge in [-0.2, -0.15) is 0 Å². The summed E-state index contributed by atoms with van der Waals surface area (Å²) in [7, 11) is 1.42. The van der Waals surface area contributed by atoms with Crippen molar-refractivity contribution >= 4 is 29.5 Å². The van der Waals surface area contributed by atoms with Crippen molar-refractivity contribution in [3.63, 3.8) is 0 Å². The van der Waals surface area contributed by atoms with Crippen molar-refractivity contribution in [2.75, 3.05) is 25.1 Å². The summed E-state index contributed by atoms with van der Waals surface area (Å²) in [4.78, 5) is 48.5. The van der Waals surface area contributed by atoms with Gasteiger partial charge in [0.2, 0.25) is 5.91 Å². The summed E-state index contributed by atoms with van der Waals surface area (Å²) in [6, 6.07) is 18.6. The molecule has 40 heavy (non-hydrogen) atoms. The Morgan fingerprint density at radius 2 is 1.38 bits per heavy atom. The van der Waals surface area contributed by atoms with Crippen LogP contribution >= 0.6 is 0 Å². The Kier molecular flexibility index (Phi) is 12.3. The average Bonchev–Trinajstić information content (AvgIpc) is 3.38. The molecular formula is C30H40N2O8. The standard InChI is InChI=1S/C25H30N2O3.C3H8O.C2H2O4/c1-3-23(28)27(21-11-5-4-6-12-21)25(24(29)30-2)13-15-26(16-14-25)22-17-19-9-7-8-10-20(19)18-22;1-3(2)4;3-1(4)2(5)6/h4-12,22H,3,13-18H2,1-2H3;3-4H,1-2H3;(H,3,4)(H,5,6). The number of nitrogens with zero attached hydrogens (tertiary/aromatic N) is 2. The third-order valence-corrected chi connectivity index (χ3v) is 6.91. The number of amides is 1. The molecule has 1 saturated heterocycles. The number of aliphatic carboxylic acids is 2. The minimum absolute atomic E-state index is 0.0479. The summed E-state index contributed by atoms with van der Waals surface area (Å²) in [5, 5.41) is 22.8. The second-order valence-corrected chi connectivity index (χ2v) is 10.0. The SMILES string of the molecule is CC(C)O.CCC(=O)N(c1ccccc1)C1(C(=O)OC)CCN(C2Cc3ccccc3C2)CC1.O=C(O)C(=O)O. The van der Waals surface area contributed by atoms with Gasteiger partial charge in [-0.05, 0) is 62.8 Å². The molecule has 218 valence electrons. The third-order valence-electron chi connectivity index (χ3n) is 6.91. The van der Waals surface area contributed by atoms with Crippen LogP contribution in [0.25, 0.3) is 0 Å². The molecule has 0 atom stereocenters. The Balaban J connectivity index is 0.000000482. The fraction of sp³-hybridized carbons (Fsp3) is 0.467. The van der Waals surface area contributed by atoms with Gasteiger partial charge in [-0.15, -0.1) is 0 Å². The maximum atomic E-state index is 13.1. The molecule has 0 saturated carbocycles. The average molecular weight is 557 g/mol. The molecule has 2 aliphatic rings. The number of esters is 1. The van der Waals surface area contributed by atoms with Crippen molar-refractivity contribution in [2.24, 2.45) is 0 Å². The van der Waals surface area contributed by atoms with Gasteiger partial charge in [0, 0.05) is 37.3 Å². The van der Waals surface area contributed by atoms with Gasteiger partial charge in [0.25, 0.3) is 0 Å². The van der Waals surface area contributed by atoms with E-state index in [1.54, 1.807) is 18.7 Å². The summed E-state index contributed by atoms with van der Waals surface area (Å²) in [6.07, 6.45) is 3.44. The van der Waals surface area contributed by atoms with Crippen molar-refractivity contribution in [2.45, 2.75) is 70.6 Å². The van der Waals surface area contributed by atoms with Crippen molar-refractivity contribution in [3.8, 4) is 0 Å². The minimum Gasteiger partial charge on any atom is -0.473 e. The molecule has 1 amide bonds. The van der Waals surface area contributed by atoms with Crippen LogP contribution in [-0.2, 0) is 36.8 Å². The number of carboxylic acid groups (broad SMARTS) is 2. The predicted octanol–water partition coefficient (Wildman–Crippen LogP) is 3.15. The maximum Gasteiger partial charge on any atom is 0.414 e. The van der Waals surface area contributed by atoms with Crippen molar-refractivity contribution < 1.29 is 39.2 Å². The lowest BCUT2D eigenvalue weighted by Gasteiger charge is -2.47. The van der Waals surface area contributed by atoms with E-state index >= 15 is 0 Å². The van der Waals surface area contributed by atoms with Gasteiger partial charge in [-0.3, -0.25) is 14.6 Å². The number of rotatable bonds is 5. The number of hydrogen-bond donors (Lipinski definition) is 3. The fourth-order valence-electron chi connectivity index (χ4n) is 5.13. The van der Waals surface area contributed by atoms with E-state index in [4.69, 9.17) is 29.6 Å². The molecular weight excluding hydrogens is 516 g/mol. The molecule has 0 radical (unpaired) electrons. The third kappa shape index (κ3) is 8.37. The molecule has 0 unspecified atom stereocenters. The summed E-state index contributed by atoms with van der Waals surface area (Å²) >= 11 is 0. The number of anilines is 1. The number of fused-ring (bicyclic) bond motifs is 1. The van der Waals surface area contributed by atoms with Crippen molar-refractivity contribution in [1.29, 1.82) is 0 Å². The summed E-state index contributed by atoms with van der Waals surface area (Å²) < 4.78 is 5.25. The van der Waals surface area contributed by atoms with Crippen LogP contribution < -0.4 is 4.90 Å². The molecule has 0 spiro atoms. The van der Waals surface area contributed by atoms with Crippen LogP contribution in [0.5, 0.6) is 0 Å². The highest BCUT2D eigenvalue weighted by molar-refractivity contribution is 6.27. The Morgan fingerprint density at radius 3 is 1.77 bits per heavy atom.